The van der Waals surface area contributed by atoms with Gasteiger partial charge < -0.3 is 5.32 Å². The van der Waals surface area contributed by atoms with Crippen LogP contribution in [-0.2, 0) is 4.79 Å². The van der Waals surface area contributed by atoms with Crippen LogP contribution >= 0.6 is 11.8 Å². The van der Waals surface area contributed by atoms with Gasteiger partial charge in [-0.25, -0.2) is 4.68 Å². The summed E-state index contributed by atoms with van der Waals surface area (Å²) >= 11 is 1.51. The molecule has 0 saturated carbocycles. The van der Waals surface area contributed by atoms with Gasteiger partial charge in [0.1, 0.15) is 6.04 Å². The minimum Gasteiger partial charge on any atom is -0.328 e. The zero-order chi connectivity index (χ0) is 18.4. The van der Waals surface area contributed by atoms with Crippen LogP contribution in [0.25, 0.3) is 0 Å². The molecule has 1 aromatic carbocycles. The number of hydrogen-bond acceptors (Lipinski definition) is 5. The number of anilines is 1. The number of allylic oxidation sites excluding steroid dienone is 2. The Morgan fingerprint density at radius 3 is 2.62 bits per heavy atom. The third-order valence-corrected chi connectivity index (χ3v) is 5.74. The lowest BCUT2D eigenvalue weighted by Crippen LogP contribution is -2.33. The second kappa shape index (κ2) is 6.58. The number of nitrogens with one attached hydrogen (secondary N) is 1. The average molecular weight is 369 g/mol. The van der Waals surface area contributed by atoms with Crippen LogP contribution in [-0.4, -0.2) is 26.8 Å². The maximum Gasteiger partial charge on any atom is 0.227 e. The number of ketones is 1. The van der Waals surface area contributed by atoms with E-state index in [0.29, 0.717) is 18.3 Å². The predicted molar refractivity (Wildman–Crippen MR) is 105 cm³/mol. The van der Waals surface area contributed by atoms with Crippen molar-refractivity contribution in [1.82, 2.24) is 14.8 Å². The van der Waals surface area contributed by atoms with Crippen LogP contribution in [0, 0.1) is 5.92 Å². The Morgan fingerprint density at radius 2 is 1.96 bits per heavy atom. The van der Waals surface area contributed by atoms with Crippen molar-refractivity contribution in [3.05, 3.63) is 46.7 Å². The summed E-state index contributed by atoms with van der Waals surface area (Å²) in [5.74, 6) is 1.78. The van der Waals surface area contributed by atoms with Gasteiger partial charge in [-0.05, 0) is 35.6 Å². The molecule has 0 unspecified atom stereocenters. The first-order valence-electron chi connectivity index (χ1n) is 9.11. The third-order valence-electron chi connectivity index (χ3n) is 5.21. The molecule has 0 amide bonds. The lowest BCUT2D eigenvalue weighted by molar-refractivity contribution is -0.117. The summed E-state index contributed by atoms with van der Waals surface area (Å²) in [6, 6.07) is 8.38. The molecular formula is C20H24N4OS. The van der Waals surface area contributed by atoms with E-state index in [0.717, 1.165) is 34.4 Å². The molecule has 1 aliphatic heterocycles. The molecule has 1 N–H and O–H groups in total. The van der Waals surface area contributed by atoms with E-state index in [1.807, 2.05) is 10.9 Å². The molecule has 6 heteroatoms. The number of carbonyl (C=O) groups is 1. The van der Waals surface area contributed by atoms with E-state index < -0.39 is 0 Å². The molecule has 2 atom stereocenters. The number of benzene rings is 1. The zero-order valence-corrected chi connectivity index (χ0v) is 16.4. The molecule has 2 heterocycles. The number of Topliss-reactive ketones (excluding diaryl/α,β-unsaturated/α-hetero) is 1. The molecule has 0 spiro atoms. The van der Waals surface area contributed by atoms with Crippen molar-refractivity contribution < 1.29 is 4.79 Å². The number of rotatable bonds is 3. The third kappa shape index (κ3) is 2.86. The Hall–Kier alpha value is -2.08. The van der Waals surface area contributed by atoms with E-state index in [-0.39, 0.29) is 11.8 Å². The van der Waals surface area contributed by atoms with E-state index in [2.05, 4.69) is 60.4 Å². The minimum absolute atomic E-state index is 0.198. The van der Waals surface area contributed by atoms with Crippen molar-refractivity contribution in [2.75, 3.05) is 11.6 Å². The van der Waals surface area contributed by atoms with Crippen LogP contribution < -0.4 is 5.32 Å². The molecule has 0 saturated heterocycles. The van der Waals surface area contributed by atoms with E-state index in [9.17, 15) is 4.79 Å². The smallest absolute Gasteiger partial charge is 0.227 e. The predicted octanol–water partition coefficient (Wildman–Crippen LogP) is 4.39. The molecule has 5 nitrogen and oxygen atoms in total. The minimum atomic E-state index is -0.198. The fourth-order valence-electron chi connectivity index (χ4n) is 3.84. The van der Waals surface area contributed by atoms with Crippen LogP contribution in [0.3, 0.4) is 0 Å². The Kier molecular flexibility index (Phi) is 4.39. The standard InChI is InChI=1S/C20H24N4OS/c1-11(2)13-5-7-14(8-6-13)18-17-15(9-12(3)10-16(17)25)21-19-22-20(26-4)23-24(18)19/h5-8,11-12,18H,9-10H2,1-4H3,(H,21,22,23)/t12-,18-/m1/s1. The molecule has 0 radical (unpaired) electrons. The Morgan fingerprint density at radius 1 is 1.23 bits per heavy atom. The van der Waals surface area contributed by atoms with Crippen LogP contribution in [0.2, 0.25) is 0 Å². The monoisotopic (exact) mass is 368 g/mol. The van der Waals surface area contributed by atoms with Gasteiger partial charge in [-0.15, -0.1) is 5.10 Å². The maximum atomic E-state index is 12.9. The van der Waals surface area contributed by atoms with Crippen molar-refractivity contribution in [2.45, 2.75) is 50.7 Å². The van der Waals surface area contributed by atoms with Gasteiger partial charge >= 0.3 is 0 Å². The highest BCUT2D eigenvalue weighted by atomic mass is 32.2. The molecule has 1 aromatic heterocycles. The van der Waals surface area contributed by atoms with E-state index in [4.69, 9.17) is 0 Å². The largest absolute Gasteiger partial charge is 0.328 e. The van der Waals surface area contributed by atoms with E-state index >= 15 is 0 Å². The van der Waals surface area contributed by atoms with Gasteiger partial charge in [0, 0.05) is 17.7 Å². The molecule has 2 aromatic rings. The number of nitrogens with zero attached hydrogens (tertiary/aromatic N) is 3. The van der Waals surface area contributed by atoms with Crippen molar-refractivity contribution in [2.24, 2.45) is 5.92 Å². The van der Waals surface area contributed by atoms with Crippen molar-refractivity contribution >= 4 is 23.5 Å². The lowest BCUT2D eigenvalue weighted by Gasteiger charge is -2.34. The Bertz CT molecular complexity index is 882. The summed E-state index contributed by atoms with van der Waals surface area (Å²) in [5, 5.41) is 8.75. The molecule has 2 aliphatic rings. The molecule has 0 bridgehead atoms. The lowest BCUT2D eigenvalue weighted by atomic mass is 9.81. The molecular weight excluding hydrogens is 344 g/mol. The molecule has 1 aliphatic carbocycles. The van der Waals surface area contributed by atoms with Gasteiger partial charge in [-0.3, -0.25) is 4.79 Å². The number of fused-ring (bicyclic) bond motifs is 1. The SMILES string of the molecule is CSc1nc2n(n1)[C@H](c1ccc(C(C)C)cc1)C1=C(C[C@@H](C)CC1=O)N2. The highest BCUT2D eigenvalue weighted by molar-refractivity contribution is 7.98. The van der Waals surface area contributed by atoms with Gasteiger partial charge in [-0.2, -0.15) is 4.98 Å². The van der Waals surface area contributed by atoms with Crippen LogP contribution in [0.15, 0.2) is 40.7 Å². The van der Waals surface area contributed by atoms with Crippen molar-refractivity contribution in [1.29, 1.82) is 0 Å². The highest BCUT2D eigenvalue weighted by Crippen LogP contribution is 2.41. The Labute approximate surface area is 158 Å². The maximum absolute atomic E-state index is 12.9. The van der Waals surface area contributed by atoms with Crippen LogP contribution in [0.4, 0.5) is 5.95 Å². The summed E-state index contributed by atoms with van der Waals surface area (Å²) < 4.78 is 1.88. The molecule has 4 rings (SSSR count). The first-order valence-corrected chi connectivity index (χ1v) is 10.3. The van der Waals surface area contributed by atoms with E-state index in [1.54, 1.807) is 0 Å². The summed E-state index contributed by atoms with van der Waals surface area (Å²) in [5.41, 5.74) is 4.25. The normalized spacial score (nSPS) is 22.3. The fraction of sp³-hybridized carbons (Fsp3) is 0.450. The summed E-state index contributed by atoms with van der Waals surface area (Å²) in [7, 11) is 0. The number of aromatic nitrogens is 3. The first kappa shape index (κ1) is 17.3. The topological polar surface area (TPSA) is 59.8 Å². The van der Waals surface area contributed by atoms with Crippen LogP contribution in [0.5, 0.6) is 0 Å². The van der Waals surface area contributed by atoms with Gasteiger partial charge in [0.05, 0.1) is 0 Å². The molecule has 136 valence electrons. The number of carbonyl (C=O) groups excluding carboxylic acids is 1. The second-order valence-corrected chi connectivity index (χ2v) is 8.32. The van der Waals surface area contributed by atoms with E-state index in [1.165, 1.54) is 17.3 Å². The Balaban J connectivity index is 1.85. The van der Waals surface area contributed by atoms with Gasteiger partial charge in [0.25, 0.3) is 0 Å². The van der Waals surface area contributed by atoms with Gasteiger partial charge in [-0.1, -0.05) is 56.8 Å². The number of thioether (sulfide) groups is 1. The van der Waals surface area contributed by atoms with Gasteiger partial charge in [0.2, 0.25) is 11.1 Å². The van der Waals surface area contributed by atoms with Crippen molar-refractivity contribution in [3.63, 3.8) is 0 Å². The zero-order valence-electron chi connectivity index (χ0n) is 15.6. The highest BCUT2D eigenvalue weighted by Gasteiger charge is 2.38. The quantitative estimate of drug-likeness (QED) is 0.814. The first-order chi connectivity index (χ1) is 12.5. The summed E-state index contributed by atoms with van der Waals surface area (Å²) in [6.07, 6.45) is 3.44. The van der Waals surface area contributed by atoms with Gasteiger partial charge in [0.15, 0.2) is 5.78 Å². The van der Waals surface area contributed by atoms with Crippen molar-refractivity contribution in [3.8, 4) is 0 Å². The molecule has 26 heavy (non-hydrogen) atoms. The number of hydrogen-bond donors (Lipinski definition) is 1. The fourth-order valence-corrected chi connectivity index (χ4v) is 4.19. The molecule has 0 fully saturated rings. The second-order valence-electron chi connectivity index (χ2n) is 7.54. The summed E-state index contributed by atoms with van der Waals surface area (Å²) in [4.78, 5) is 17.5. The summed E-state index contributed by atoms with van der Waals surface area (Å²) in [6.45, 7) is 6.50. The average Bonchev–Trinajstić information content (AvgIpc) is 3.02. The van der Waals surface area contributed by atoms with Crippen LogP contribution in [0.1, 0.15) is 56.7 Å².